The standard InChI is InChI=1S/C17H23N3O2S2/c1-5-20-16(22)13-10(2)11(3)23-14(13)18-17(20)24-12(4)15(21)19-8-6-7-9-19/h12H,5-9H2,1-4H3/t12-/m0/s1. The Morgan fingerprint density at radius 1 is 1.33 bits per heavy atom. The van der Waals surface area contributed by atoms with E-state index in [1.807, 2.05) is 32.6 Å². The number of hydrogen-bond acceptors (Lipinski definition) is 5. The average molecular weight is 366 g/mol. The Morgan fingerprint density at radius 2 is 2.00 bits per heavy atom. The summed E-state index contributed by atoms with van der Waals surface area (Å²) in [7, 11) is 0. The van der Waals surface area contributed by atoms with E-state index in [1.165, 1.54) is 11.8 Å². The number of amides is 1. The van der Waals surface area contributed by atoms with Gasteiger partial charge in [-0.15, -0.1) is 11.3 Å². The van der Waals surface area contributed by atoms with Crippen molar-refractivity contribution in [2.24, 2.45) is 0 Å². The number of thioether (sulfide) groups is 1. The average Bonchev–Trinajstić information content (AvgIpc) is 3.16. The van der Waals surface area contributed by atoms with Crippen LogP contribution in [0.4, 0.5) is 0 Å². The van der Waals surface area contributed by atoms with Gasteiger partial charge in [-0.25, -0.2) is 4.98 Å². The largest absolute Gasteiger partial charge is 0.342 e. The summed E-state index contributed by atoms with van der Waals surface area (Å²) in [5, 5.41) is 1.14. The predicted octanol–water partition coefficient (Wildman–Crippen LogP) is 3.20. The molecule has 0 spiro atoms. The van der Waals surface area contributed by atoms with Crippen LogP contribution in [0, 0.1) is 13.8 Å². The lowest BCUT2D eigenvalue weighted by Crippen LogP contribution is -2.34. The van der Waals surface area contributed by atoms with E-state index in [-0.39, 0.29) is 16.7 Å². The number of fused-ring (bicyclic) bond motifs is 1. The van der Waals surface area contributed by atoms with Crippen molar-refractivity contribution < 1.29 is 4.79 Å². The molecule has 130 valence electrons. The molecular formula is C17H23N3O2S2. The first-order valence-electron chi connectivity index (χ1n) is 8.40. The molecule has 1 aliphatic heterocycles. The zero-order chi connectivity index (χ0) is 17.4. The molecule has 24 heavy (non-hydrogen) atoms. The van der Waals surface area contributed by atoms with Crippen LogP contribution >= 0.6 is 23.1 Å². The minimum absolute atomic E-state index is 0.00710. The van der Waals surface area contributed by atoms with E-state index >= 15 is 0 Å². The zero-order valence-corrected chi connectivity index (χ0v) is 16.2. The first-order chi connectivity index (χ1) is 11.4. The molecule has 0 saturated carbocycles. The zero-order valence-electron chi connectivity index (χ0n) is 14.6. The van der Waals surface area contributed by atoms with Gasteiger partial charge < -0.3 is 4.90 Å². The SMILES string of the molecule is CCn1c(S[C@@H](C)C(=O)N2CCCC2)nc2sc(C)c(C)c2c1=O. The Morgan fingerprint density at radius 3 is 2.62 bits per heavy atom. The fourth-order valence-electron chi connectivity index (χ4n) is 3.08. The van der Waals surface area contributed by atoms with Crippen molar-refractivity contribution in [3.63, 3.8) is 0 Å². The highest BCUT2D eigenvalue weighted by Crippen LogP contribution is 2.30. The molecule has 0 aromatic carbocycles. The second-order valence-electron chi connectivity index (χ2n) is 6.20. The highest BCUT2D eigenvalue weighted by atomic mass is 32.2. The summed E-state index contributed by atoms with van der Waals surface area (Å²) in [4.78, 5) is 33.9. The molecule has 1 saturated heterocycles. The molecule has 0 unspecified atom stereocenters. The number of carbonyl (C=O) groups is 1. The lowest BCUT2D eigenvalue weighted by atomic mass is 10.2. The van der Waals surface area contributed by atoms with Gasteiger partial charge in [0.15, 0.2) is 5.16 Å². The lowest BCUT2D eigenvalue weighted by Gasteiger charge is -2.20. The molecule has 5 nitrogen and oxygen atoms in total. The van der Waals surface area contributed by atoms with Crippen molar-refractivity contribution >= 4 is 39.2 Å². The monoisotopic (exact) mass is 365 g/mol. The van der Waals surface area contributed by atoms with E-state index in [0.29, 0.717) is 11.7 Å². The first kappa shape index (κ1) is 17.5. The molecular weight excluding hydrogens is 342 g/mol. The summed E-state index contributed by atoms with van der Waals surface area (Å²) in [6.45, 7) is 10.1. The Balaban J connectivity index is 1.96. The van der Waals surface area contributed by atoms with Gasteiger partial charge in [-0.2, -0.15) is 0 Å². The highest BCUT2D eigenvalue weighted by molar-refractivity contribution is 8.00. The van der Waals surface area contributed by atoms with E-state index in [9.17, 15) is 9.59 Å². The van der Waals surface area contributed by atoms with Crippen molar-refractivity contribution in [2.75, 3.05) is 13.1 Å². The third-order valence-corrected chi connectivity index (χ3v) is 6.80. The highest BCUT2D eigenvalue weighted by Gasteiger charge is 2.26. The predicted molar refractivity (Wildman–Crippen MR) is 100 cm³/mol. The van der Waals surface area contributed by atoms with Crippen LogP contribution in [0.2, 0.25) is 0 Å². The molecule has 3 rings (SSSR count). The van der Waals surface area contributed by atoms with Gasteiger partial charge in [-0.1, -0.05) is 11.8 Å². The molecule has 0 radical (unpaired) electrons. The van der Waals surface area contributed by atoms with Crippen LogP contribution in [0.15, 0.2) is 9.95 Å². The van der Waals surface area contributed by atoms with Crippen molar-refractivity contribution in [2.45, 2.75) is 57.5 Å². The van der Waals surface area contributed by atoms with Crippen molar-refractivity contribution in [3.8, 4) is 0 Å². The Labute approximate surface area is 150 Å². The minimum atomic E-state index is -0.229. The van der Waals surface area contributed by atoms with E-state index in [1.54, 1.807) is 15.9 Å². The molecule has 2 aromatic rings. The summed E-state index contributed by atoms with van der Waals surface area (Å²) in [5.74, 6) is 0.146. The maximum absolute atomic E-state index is 12.8. The van der Waals surface area contributed by atoms with Crippen molar-refractivity contribution in [1.29, 1.82) is 0 Å². The van der Waals surface area contributed by atoms with Gasteiger partial charge in [-0.05, 0) is 46.1 Å². The molecule has 0 N–H and O–H groups in total. The van der Waals surface area contributed by atoms with Crippen LogP contribution in [0.5, 0.6) is 0 Å². The topological polar surface area (TPSA) is 55.2 Å². The molecule has 7 heteroatoms. The molecule has 1 aliphatic rings. The molecule has 2 aromatic heterocycles. The normalized spacial score (nSPS) is 16.1. The van der Waals surface area contributed by atoms with E-state index < -0.39 is 0 Å². The first-order valence-corrected chi connectivity index (χ1v) is 10.1. The number of aryl methyl sites for hydroxylation is 2. The number of likely N-dealkylation sites (tertiary alicyclic amines) is 1. The fraction of sp³-hybridized carbons (Fsp3) is 0.588. The van der Waals surface area contributed by atoms with Gasteiger partial charge in [0.25, 0.3) is 5.56 Å². The van der Waals surface area contributed by atoms with Gasteiger partial charge in [-0.3, -0.25) is 14.2 Å². The van der Waals surface area contributed by atoms with E-state index in [0.717, 1.165) is 46.6 Å². The molecule has 1 fully saturated rings. The second kappa shape index (κ2) is 6.88. The van der Waals surface area contributed by atoms with Crippen LogP contribution in [0.1, 0.15) is 37.1 Å². The van der Waals surface area contributed by atoms with Gasteiger partial charge in [0.2, 0.25) is 5.91 Å². The quantitative estimate of drug-likeness (QED) is 0.617. The summed E-state index contributed by atoms with van der Waals surface area (Å²) in [6, 6.07) is 0. The van der Waals surface area contributed by atoms with E-state index in [4.69, 9.17) is 4.98 Å². The smallest absolute Gasteiger partial charge is 0.263 e. The number of thiophene rings is 1. The third kappa shape index (κ3) is 2.99. The summed E-state index contributed by atoms with van der Waals surface area (Å²) in [5.41, 5.74) is 1.03. The molecule has 0 aliphatic carbocycles. The fourth-order valence-corrected chi connectivity index (χ4v) is 5.21. The Bertz CT molecular complexity index is 834. The molecule has 1 atom stereocenters. The van der Waals surface area contributed by atoms with Gasteiger partial charge in [0.1, 0.15) is 4.83 Å². The summed E-state index contributed by atoms with van der Waals surface area (Å²) < 4.78 is 1.69. The number of aromatic nitrogens is 2. The lowest BCUT2D eigenvalue weighted by molar-refractivity contribution is -0.129. The van der Waals surface area contributed by atoms with Gasteiger partial charge in [0, 0.05) is 24.5 Å². The number of carbonyl (C=O) groups excluding carboxylic acids is 1. The minimum Gasteiger partial charge on any atom is -0.342 e. The van der Waals surface area contributed by atoms with Crippen LogP contribution in [-0.4, -0.2) is 38.7 Å². The summed E-state index contributed by atoms with van der Waals surface area (Å²) in [6.07, 6.45) is 2.17. The molecule has 3 heterocycles. The van der Waals surface area contributed by atoms with Crippen molar-refractivity contribution in [3.05, 3.63) is 20.8 Å². The summed E-state index contributed by atoms with van der Waals surface area (Å²) >= 11 is 2.96. The Hall–Kier alpha value is -1.34. The van der Waals surface area contributed by atoms with E-state index in [2.05, 4.69) is 0 Å². The maximum Gasteiger partial charge on any atom is 0.263 e. The molecule has 0 bridgehead atoms. The van der Waals surface area contributed by atoms with Gasteiger partial charge >= 0.3 is 0 Å². The van der Waals surface area contributed by atoms with Crippen LogP contribution in [-0.2, 0) is 11.3 Å². The third-order valence-electron chi connectivity index (χ3n) is 4.62. The van der Waals surface area contributed by atoms with Crippen LogP contribution in [0.25, 0.3) is 10.2 Å². The second-order valence-corrected chi connectivity index (χ2v) is 8.71. The maximum atomic E-state index is 12.8. The van der Waals surface area contributed by atoms with Crippen molar-refractivity contribution in [1.82, 2.24) is 14.5 Å². The van der Waals surface area contributed by atoms with Crippen LogP contribution < -0.4 is 5.56 Å². The van der Waals surface area contributed by atoms with Gasteiger partial charge in [0.05, 0.1) is 10.6 Å². The number of rotatable bonds is 4. The number of hydrogen-bond donors (Lipinski definition) is 0. The number of nitrogens with zero attached hydrogens (tertiary/aromatic N) is 3. The Kier molecular flexibility index (Phi) is 5.01. The molecule has 1 amide bonds. The van der Waals surface area contributed by atoms with Crippen LogP contribution in [0.3, 0.4) is 0 Å².